The van der Waals surface area contributed by atoms with Crippen molar-refractivity contribution in [1.29, 1.82) is 0 Å². The molecule has 2 atom stereocenters. The maximum Gasteiger partial charge on any atom is 0.317 e. The quantitative estimate of drug-likeness (QED) is 0.135. The number of benzene rings is 3. The van der Waals surface area contributed by atoms with Gasteiger partial charge in [0.2, 0.25) is 0 Å². The molecule has 1 N–H and O–H groups in total. The van der Waals surface area contributed by atoms with Gasteiger partial charge in [-0.25, -0.2) is 18.2 Å². The first-order valence-corrected chi connectivity index (χ1v) is 19.8. The third kappa shape index (κ3) is 5.42. The van der Waals surface area contributed by atoms with Crippen molar-refractivity contribution in [3.63, 3.8) is 0 Å². The molecule has 11 heteroatoms. The van der Waals surface area contributed by atoms with E-state index in [1.807, 2.05) is 0 Å². The molecule has 0 amide bonds. The Morgan fingerprint density at radius 1 is 1.06 bits per heavy atom. The van der Waals surface area contributed by atoms with Gasteiger partial charge in [-0.1, -0.05) is 53.5 Å². The third-order valence-electron chi connectivity index (χ3n) is 11.4. The summed E-state index contributed by atoms with van der Waals surface area (Å²) >= 11 is 0. The normalized spacial score (nSPS) is 19.7. The second kappa shape index (κ2) is 12.6. The molecule has 0 bridgehead atoms. The molecule has 7 rings (SSSR count). The van der Waals surface area contributed by atoms with Gasteiger partial charge in [-0.15, -0.1) is 5.54 Å². The van der Waals surface area contributed by atoms with Gasteiger partial charge >= 0.3 is 6.01 Å². The first-order chi connectivity index (χ1) is 23.8. The first kappa shape index (κ1) is 34.3. The van der Waals surface area contributed by atoms with Crippen LogP contribution in [0.5, 0.6) is 11.8 Å². The second-order valence-corrected chi connectivity index (χ2v) is 20.8. The monoisotopic (exact) mass is 699 g/mol. The Balaban J connectivity index is 1.44. The Kier molecular flexibility index (Phi) is 8.62. The number of phenolic OH excluding ortho intramolecular Hbond substituents is 1. The minimum Gasteiger partial charge on any atom is -0.508 e. The van der Waals surface area contributed by atoms with Gasteiger partial charge in [0, 0.05) is 54.1 Å². The second-order valence-electron chi connectivity index (χ2n) is 15.2. The summed E-state index contributed by atoms with van der Waals surface area (Å²) in [4.78, 5) is 11.1. The maximum atomic E-state index is 17.2. The number of ether oxygens (including phenoxy) is 1. The number of phenols is 1. The van der Waals surface area contributed by atoms with Crippen LogP contribution in [0.2, 0.25) is 16.6 Å². The Hall–Kier alpha value is -4.14. The van der Waals surface area contributed by atoms with Crippen LogP contribution in [0.3, 0.4) is 0 Å². The predicted molar refractivity (Wildman–Crippen MR) is 195 cm³/mol. The van der Waals surface area contributed by atoms with E-state index in [9.17, 15) is 9.50 Å². The number of hydrogen-bond acceptors (Lipinski definition) is 6. The molecule has 50 heavy (non-hydrogen) atoms. The predicted octanol–water partition coefficient (Wildman–Crippen LogP) is 8.85. The molecule has 4 heterocycles. The summed E-state index contributed by atoms with van der Waals surface area (Å²) < 4.78 is 55.3. The lowest BCUT2D eigenvalue weighted by Crippen LogP contribution is -2.43. The molecule has 3 aromatic carbocycles. The molecule has 2 fully saturated rings. The standard InChI is InChI=1S/C39H44F3N5O2Si/c1-22(2)50(23(3)4,24(5)6)14-11-28-32(41)10-9-25-15-27(48)16-29(33(25)28)34-35(42)37-30(31-20-46(7)45-36(31)34)18-43-38(44-37)49-21-39-12-8-13-47(39)19-26(40)17-39/h9-10,15-16,18,20,22-24,26,48H,8,12-13,17,19,21H2,1-7H3/t26-,39+/m1/s1. The van der Waals surface area contributed by atoms with Crippen LogP contribution in [-0.2, 0) is 7.05 Å². The number of hydrogen-bond donors (Lipinski definition) is 1. The molecule has 2 aliphatic rings. The maximum absolute atomic E-state index is 17.2. The number of alkyl halides is 1. The van der Waals surface area contributed by atoms with Crippen LogP contribution in [0.15, 0.2) is 36.7 Å². The van der Waals surface area contributed by atoms with E-state index < -0.39 is 31.4 Å². The number of aryl methyl sites for hydroxylation is 1. The Morgan fingerprint density at radius 2 is 1.80 bits per heavy atom. The van der Waals surface area contributed by atoms with Crippen molar-refractivity contribution in [3.05, 3.63) is 53.9 Å². The minimum absolute atomic E-state index is 0.00689. The van der Waals surface area contributed by atoms with E-state index in [0.29, 0.717) is 56.7 Å². The first-order valence-electron chi connectivity index (χ1n) is 17.6. The SMILES string of the molecule is CC(C)[Si](C#Cc1c(F)ccc2cc(O)cc(-c3c(F)c4nc(OC[C@@]56CCCN5C[C@H](F)C6)ncc4c4cn(C)nc34)c12)(C(C)C)C(C)C. The molecule has 0 radical (unpaired) electrons. The Morgan fingerprint density at radius 3 is 2.52 bits per heavy atom. The van der Waals surface area contributed by atoms with Crippen LogP contribution >= 0.6 is 0 Å². The molecule has 0 aliphatic carbocycles. The van der Waals surface area contributed by atoms with Crippen LogP contribution in [0.25, 0.3) is 43.7 Å². The van der Waals surface area contributed by atoms with Crippen LogP contribution < -0.4 is 4.74 Å². The zero-order valence-corrected chi connectivity index (χ0v) is 30.7. The van der Waals surface area contributed by atoms with Crippen molar-refractivity contribution < 1.29 is 23.0 Å². The summed E-state index contributed by atoms with van der Waals surface area (Å²) in [5.74, 6) is 1.96. The number of rotatable bonds is 7. The van der Waals surface area contributed by atoms with Gasteiger partial charge in [0.1, 0.15) is 43.5 Å². The highest BCUT2D eigenvalue weighted by Crippen LogP contribution is 2.45. The number of fused-ring (bicyclic) bond motifs is 5. The lowest BCUT2D eigenvalue weighted by Gasteiger charge is -2.38. The van der Waals surface area contributed by atoms with Gasteiger partial charge in [0.25, 0.3) is 0 Å². The van der Waals surface area contributed by atoms with Crippen LogP contribution in [0.1, 0.15) is 66.4 Å². The largest absolute Gasteiger partial charge is 0.508 e. The van der Waals surface area contributed by atoms with Crippen LogP contribution in [0.4, 0.5) is 13.2 Å². The summed E-state index contributed by atoms with van der Waals surface area (Å²) in [6.07, 6.45) is 4.54. The highest BCUT2D eigenvalue weighted by molar-refractivity contribution is 6.90. The van der Waals surface area contributed by atoms with Gasteiger partial charge in [0.05, 0.1) is 11.1 Å². The fourth-order valence-electron chi connectivity index (χ4n) is 9.13. The summed E-state index contributed by atoms with van der Waals surface area (Å²) in [7, 11) is -0.535. The fourth-order valence-corrected chi connectivity index (χ4v) is 14.3. The summed E-state index contributed by atoms with van der Waals surface area (Å²) in [6.45, 7) is 14.6. The fraction of sp³-hybridized carbons (Fsp3) is 0.462. The van der Waals surface area contributed by atoms with Crippen molar-refractivity contribution in [2.45, 2.75) is 89.1 Å². The van der Waals surface area contributed by atoms with Gasteiger partial charge in [-0.3, -0.25) is 9.58 Å². The van der Waals surface area contributed by atoms with Crippen LogP contribution in [-0.4, -0.2) is 69.2 Å². The van der Waals surface area contributed by atoms with E-state index in [4.69, 9.17) is 4.74 Å². The molecular weight excluding hydrogens is 656 g/mol. The molecule has 5 aromatic rings. The molecule has 0 spiro atoms. The lowest BCUT2D eigenvalue weighted by molar-refractivity contribution is 0.107. The molecule has 2 aliphatic heterocycles. The number of aromatic nitrogens is 4. The van der Waals surface area contributed by atoms with E-state index in [1.54, 1.807) is 30.1 Å². The van der Waals surface area contributed by atoms with Gasteiger partial charge in [-0.2, -0.15) is 10.1 Å². The average Bonchev–Trinajstić information content (AvgIpc) is 3.72. The van der Waals surface area contributed by atoms with E-state index in [1.165, 1.54) is 18.3 Å². The van der Waals surface area contributed by atoms with E-state index >= 15 is 8.78 Å². The van der Waals surface area contributed by atoms with Crippen molar-refractivity contribution >= 4 is 40.7 Å². The molecule has 0 saturated carbocycles. The summed E-state index contributed by atoms with van der Waals surface area (Å²) in [6, 6.07) is 5.91. The Bertz CT molecular complexity index is 2190. The topological polar surface area (TPSA) is 76.3 Å². The summed E-state index contributed by atoms with van der Waals surface area (Å²) in [5.41, 5.74) is 5.00. The van der Waals surface area contributed by atoms with Crippen LogP contribution in [0, 0.1) is 23.1 Å². The molecule has 2 aromatic heterocycles. The van der Waals surface area contributed by atoms with Gasteiger partial charge in [-0.05, 0) is 65.2 Å². The zero-order valence-electron chi connectivity index (χ0n) is 29.7. The minimum atomic E-state index is -2.27. The number of nitrogens with zero attached hydrogens (tertiary/aromatic N) is 5. The smallest absolute Gasteiger partial charge is 0.317 e. The highest BCUT2D eigenvalue weighted by Gasteiger charge is 2.49. The third-order valence-corrected chi connectivity index (χ3v) is 17.7. The van der Waals surface area contributed by atoms with Crippen molar-refractivity contribution in [2.24, 2.45) is 7.05 Å². The van der Waals surface area contributed by atoms with E-state index in [0.717, 1.165) is 19.4 Å². The molecule has 0 unspecified atom stereocenters. The van der Waals surface area contributed by atoms with Gasteiger partial charge in [0.15, 0.2) is 5.82 Å². The van der Waals surface area contributed by atoms with Gasteiger partial charge < -0.3 is 9.84 Å². The van der Waals surface area contributed by atoms with Crippen molar-refractivity contribution in [1.82, 2.24) is 24.6 Å². The average molecular weight is 700 g/mol. The lowest BCUT2D eigenvalue weighted by atomic mass is 9.91. The Labute approximate surface area is 291 Å². The van der Waals surface area contributed by atoms with Crippen molar-refractivity contribution in [3.8, 4) is 34.4 Å². The number of aromatic hydroxyl groups is 1. The molecular formula is C39H44F3N5O2Si. The van der Waals surface area contributed by atoms with Crippen molar-refractivity contribution in [2.75, 3.05) is 19.7 Å². The molecule has 262 valence electrons. The molecule has 7 nitrogen and oxygen atoms in total. The summed E-state index contributed by atoms with van der Waals surface area (Å²) in [5, 5.41) is 17.5. The number of halogens is 3. The highest BCUT2D eigenvalue weighted by atomic mass is 28.3. The zero-order chi connectivity index (χ0) is 35.7. The van der Waals surface area contributed by atoms with E-state index in [-0.39, 0.29) is 40.6 Å². The van der Waals surface area contributed by atoms with E-state index in [2.05, 4.69) is 73.0 Å². The molecule has 2 saturated heterocycles.